The largest absolute Gasteiger partial charge is 0.384 e. The highest BCUT2D eigenvalue weighted by Gasteiger charge is 2.57. The quantitative estimate of drug-likeness (QED) is 0.644. The van der Waals surface area contributed by atoms with E-state index in [1.54, 1.807) is 14.2 Å². The fraction of sp³-hybridized carbons (Fsp3) is 0.800. The van der Waals surface area contributed by atoms with Crippen LogP contribution in [0.15, 0.2) is 0 Å². The van der Waals surface area contributed by atoms with Crippen molar-refractivity contribution in [3.8, 4) is 12.3 Å². The third-order valence-electron chi connectivity index (χ3n) is 2.92. The topological polar surface area (TPSA) is 38.7 Å². The van der Waals surface area contributed by atoms with Crippen LogP contribution in [-0.2, 0) is 9.47 Å². The zero-order chi connectivity index (χ0) is 9.95. The van der Waals surface area contributed by atoms with Crippen LogP contribution in [0.5, 0.6) is 0 Å². The van der Waals surface area contributed by atoms with Gasteiger partial charge in [-0.1, -0.05) is 5.92 Å². The van der Waals surface area contributed by atoms with Crippen molar-refractivity contribution >= 4 is 0 Å². The van der Waals surface area contributed by atoms with Crippen molar-refractivity contribution in [3.05, 3.63) is 0 Å². The zero-order valence-corrected chi connectivity index (χ0v) is 8.17. The minimum Gasteiger partial charge on any atom is -0.384 e. The molecule has 1 aliphatic rings. The highest BCUT2D eigenvalue weighted by molar-refractivity contribution is 5.23. The molecule has 1 fully saturated rings. The van der Waals surface area contributed by atoms with Crippen LogP contribution in [0.25, 0.3) is 0 Å². The molecule has 3 heteroatoms. The van der Waals surface area contributed by atoms with Gasteiger partial charge in [0, 0.05) is 14.2 Å². The molecule has 1 N–H and O–H groups in total. The van der Waals surface area contributed by atoms with Gasteiger partial charge in [-0.15, -0.1) is 6.42 Å². The Bertz CT molecular complexity index is 213. The molecule has 3 nitrogen and oxygen atoms in total. The number of methoxy groups -OCH3 is 2. The number of hydrogen-bond donors (Lipinski definition) is 1. The van der Waals surface area contributed by atoms with Gasteiger partial charge in [-0.25, -0.2) is 0 Å². The van der Waals surface area contributed by atoms with Crippen molar-refractivity contribution < 1.29 is 14.6 Å². The summed E-state index contributed by atoms with van der Waals surface area (Å²) in [5.41, 5.74) is -1.44. The summed E-state index contributed by atoms with van der Waals surface area (Å²) in [6.45, 7) is 0.892. The molecule has 0 radical (unpaired) electrons. The van der Waals surface area contributed by atoms with Crippen molar-refractivity contribution in [2.75, 3.05) is 27.4 Å². The first-order valence-electron chi connectivity index (χ1n) is 4.32. The first-order valence-corrected chi connectivity index (χ1v) is 4.32. The van der Waals surface area contributed by atoms with E-state index in [1.165, 1.54) is 0 Å². The van der Waals surface area contributed by atoms with Crippen LogP contribution in [0, 0.1) is 17.8 Å². The summed E-state index contributed by atoms with van der Waals surface area (Å²) in [6.07, 6.45) is 6.78. The Morgan fingerprint density at radius 1 is 1.31 bits per heavy atom. The van der Waals surface area contributed by atoms with Crippen molar-refractivity contribution in [2.45, 2.75) is 18.4 Å². The Morgan fingerprint density at radius 3 is 2.08 bits per heavy atom. The van der Waals surface area contributed by atoms with E-state index >= 15 is 0 Å². The van der Waals surface area contributed by atoms with E-state index in [4.69, 9.17) is 15.9 Å². The summed E-state index contributed by atoms with van der Waals surface area (Å²) in [7, 11) is 3.21. The molecule has 0 aliphatic heterocycles. The van der Waals surface area contributed by atoms with E-state index in [0.717, 1.165) is 6.42 Å². The van der Waals surface area contributed by atoms with Crippen LogP contribution in [0.1, 0.15) is 12.8 Å². The van der Waals surface area contributed by atoms with Crippen LogP contribution in [0.2, 0.25) is 0 Å². The Kier molecular flexibility index (Phi) is 2.97. The molecular weight excluding hydrogens is 168 g/mol. The van der Waals surface area contributed by atoms with E-state index in [0.29, 0.717) is 19.6 Å². The van der Waals surface area contributed by atoms with Gasteiger partial charge in [0.05, 0.1) is 18.6 Å². The van der Waals surface area contributed by atoms with Crippen LogP contribution < -0.4 is 0 Å². The van der Waals surface area contributed by atoms with Gasteiger partial charge >= 0.3 is 0 Å². The van der Waals surface area contributed by atoms with Crippen LogP contribution in [-0.4, -0.2) is 38.1 Å². The summed E-state index contributed by atoms with van der Waals surface area (Å²) in [5.74, 6) is 2.43. The molecule has 13 heavy (non-hydrogen) atoms. The van der Waals surface area contributed by atoms with Crippen molar-refractivity contribution in [1.82, 2.24) is 0 Å². The van der Waals surface area contributed by atoms with E-state index in [-0.39, 0.29) is 0 Å². The lowest BCUT2D eigenvalue weighted by Gasteiger charge is -2.52. The van der Waals surface area contributed by atoms with Crippen molar-refractivity contribution in [1.29, 1.82) is 0 Å². The summed E-state index contributed by atoms with van der Waals surface area (Å²) in [5, 5.41) is 10.00. The molecule has 1 unspecified atom stereocenters. The van der Waals surface area contributed by atoms with Gasteiger partial charge in [0.2, 0.25) is 0 Å². The zero-order valence-electron chi connectivity index (χ0n) is 8.17. The number of hydrogen-bond acceptors (Lipinski definition) is 3. The molecule has 1 atom stereocenters. The van der Waals surface area contributed by atoms with Gasteiger partial charge in [0.25, 0.3) is 0 Å². The maximum atomic E-state index is 10.00. The lowest BCUT2D eigenvalue weighted by atomic mass is 9.57. The first-order chi connectivity index (χ1) is 6.14. The van der Waals surface area contributed by atoms with E-state index in [1.807, 2.05) is 0 Å². The lowest BCUT2D eigenvalue weighted by Crippen LogP contribution is -2.61. The standard InChI is InChI=1S/C10H16O3/c1-4-10(11)6-5-9(10,7-12-2)8-13-3/h1,11H,5-8H2,2-3H3. The Balaban J connectivity index is 2.75. The van der Waals surface area contributed by atoms with Gasteiger partial charge in [0.15, 0.2) is 0 Å². The molecule has 0 heterocycles. The molecule has 0 bridgehead atoms. The Morgan fingerprint density at radius 2 is 1.85 bits per heavy atom. The highest BCUT2D eigenvalue weighted by Crippen LogP contribution is 2.50. The minimum absolute atomic E-state index is 0.398. The Hall–Kier alpha value is -0.560. The molecule has 0 aromatic rings. The fourth-order valence-electron chi connectivity index (χ4n) is 1.92. The molecule has 0 aromatic carbocycles. The second kappa shape index (κ2) is 3.67. The summed E-state index contributed by atoms with van der Waals surface area (Å²) < 4.78 is 10.1. The molecule has 0 amide bonds. The third-order valence-corrected chi connectivity index (χ3v) is 2.92. The SMILES string of the molecule is C#CC1(O)CCC1(COC)COC. The second-order valence-corrected chi connectivity index (χ2v) is 3.65. The third kappa shape index (κ3) is 1.46. The van der Waals surface area contributed by atoms with Gasteiger partial charge in [-0.3, -0.25) is 0 Å². The molecule has 74 valence electrons. The number of terminal acetylenes is 1. The van der Waals surface area contributed by atoms with Crippen molar-refractivity contribution in [3.63, 3.8) is 0 Å². The maximum Gasteiger partial charge on any atom is 0.135 e. The summed E-state index contributed by atoms with van der Waals surface area (Å²) in [4.78, 5) is 0. The Labute approximate surface area is 79.0 Å². The van der Waals surface area contributed by atoms with Crippen molar-refractivity contribution in [2.24, 2.45) is 5.41 Å². The maximum absolute atomic E-state index is 10.00. The van der Waals surface area contributed by atoms with Gasteiger partial charge in [-0.05, 0) is 12.8 Å². The molecule has 0 spiro atoms. The number of ether oxygens (including phenoxy) is 2. The molecule has 0 aromatic heterocycles. The average molecular weight is 184 g/mol. The smallest absolute Gasteiger partial charge is 0.135 e. The molecule has 0 saturated heterocycles. The molecule has 1 rings (SSSR count). The average Bonchev–Trinajstić information content (AvgIpc) is 2.14. The first kappa shape index (κ1) is 10.5. The minimum atomic E-state index is -1.04. The predicted molar refractivity (Wildman–Crippen MR) is 49.2 cm³/mol. The summed E-state index contributed by atoms with van der Waals surface area (Å²) >= 11 is 0. The van der Waals surface area contributed by atoms with Crippen LogP contribution in [0.3, 0.4) is 0 Å². The van der Waals surface area contributed by atoms with E-state index in [2.05, 4.69) is 5.92 Å². The lowest BCUT2D eigenvalue weighted by molar-refractivity contribution is -0.178. The molecule has 1 aliphatic carbocycles. The fourth-order valence-corrected chi connectivity index (χ4v) is 1.92. The predicted octanol–water partition coefficient (Wildman–Crippen LogP) is 0.424. The molecule has 1 saturated carbocycles. The summed E-state index contributed by atoms with van der Waals surface area (Å²) in [6, 6.07) is 0. The van der Waals surface area contributed by atoms with Gasteiger partial charge in [-0.2, -0.15) is 0 Å². The van der Waals surface area contributed by atoms with Gasteiger partial charge in [0.1, 0.15) is 5.60 Å². The number of aliphatic hydroxyl groups is 1. The molecular formula is C10H16O3. The second-order valence-electron chi connectivity index (χ2n) is 3.65. The van der Waals surface area contributed by atoms with Crippen LogP contribution >= 0.6 is 0 Å². The highest BCUT2D eigenvalue weighted by atomic mass is 16.5. The monoisotopic (exact) mass is 184 g/mol. The number of rotatable bonds is 4. The van der Waals surface area contributed by atoms with E-state index in [9.17, 15) is 5.11 Å². The van der Waals surface area contributed by atoms with Crippen LogP contribution in [0.4, 0.5) is 0 Å². The normalized spacial score (nSPS) is 30.6. The van der Waals surface area contributed by atoms with Gasteiger partial charge < -0.3 is 14.6 Å². The van der Waals surface area contributed by atoms with E-state index < -0.39 is 11.0 Å².